The Bertz CT molecular complexity index is 530. The van der Waals surface area contributed by atoms with E-state index >= 15 is 0 Å². The minimum Gasteiger partial charge on any atom is -0.350 e. The normalized spacial score (nSPS) is 22.2. The zero-order valence-corrected chi connectivity index (χ0v) is 9.11. The zero-order chi connectivity index (χ0) is 11.0. The largest absolute Gasteiger partial charge is 0.350 e. The molecule has 1 aromatic carbocycles. The van der Waals surface area contributed by atoms with Gasteiger partial charge < -0.3 is 5.32 Å². The summed E-state index contributed by atoms with van der Waals surface area (Å²) < 4.78 is 0. The first-order valence-corrected chi connectivity index (χ1v) is 5.30. The number of amidine groups is 1. The Labute approximate surface area is 97.8 Å². The number of fused-ring (bicyclic) bond motifs is 1. The van der Waals surface area contributed by atoms with Gasteiger partial charge in [-0.05, 0) is 5.56 Å². The number of rotatable bonds is 1. The van der Waals surface area contributed by atoms with Gasteiger partial charge in [-0.3, -0.25) is 0 Å². The van der Waals surface area contributed by atoms with Gasteiger partial charge in [-0.1, -0.05) is 42.5 Å². The Balaban J connectivity index is 2.01. The molecule has 2 heterocycles. The summed E-state index contributed by atoms with van der Waals surface area (Å²) in [6.07, 6.45) is 1.48. The van der Waals surface area contributed by atoms with Crippen molar-refractivity contribution in [3.05, 3.63) is 47.7 Å². The number of hydrogen-bond acceptors (Lipinski definition) is 4. The van der Waals surface area contributed by atoms with Crippen LogP contribution in [0.2, 0.25) is 0 Å². The van der Waals surface area contributed by atoms with E-state index in [9.17, 15) is 0 Å². The molecule has 0 aromatic heterocycles. The monoisotopic (exact) mass is 228 g/mol. The van der Waals surface area contributed by atoms with Crippen molar-refractivity contribution < 1.29 is 0 Å². The van der Waals surface area contributed by atoms with Gasteiger partial charge in [0, 0.05) is 0 Å². The second-order valence-corrected chi connectivity index (χ2v) is 3.91. The van der Waals surface area contributed by atoms with E-state index in [0.717, 1.165) is 11.1 Å². The Kier molecular flexibility index (Phi) is 2.11. The number of azo groups is 1. The first-order chi connectivity index (χ1) is 7.84. The quantitative estimate of drug-likeness (QED) is 0.750. The summed E-state index contributed by atoms with van der Waals surface area (Å²) in [5, 5.41) is 10.9. The van der Waals surface area contributed by atoms with Gasteiger partial charge in [-0.25, -0.2) is 4.99 Å². The van der Waals surface area contributed by atoms with Crippen molar-refractivity contribution in [3.8, 4) is 0 Å². The summed E-state index contributed by atoms with van der Waals surface area (Å²) in [6, 6.07) is 9.93. The van der Waals surface area contributed by atoms with Gasteiger partial charge in [0.15, 0.2) is 5.84 Å². The summed E-state index contributed by atoms with van der Waals surface area (Å²) >= 11 is 5.24. The first kappa shape index (κ1) is 9.35. The molecule has 0 radical (unpaired) electrons. The van der Waals surface area contributed by atoms with Crippen LogP contribution in [0, 0.1) is 0 Å². The molecule has 2 aliphatic heterocycles. The van der Waals surface area contributed by atoms with E-state index in [-0.39, 0.29) is 6.17 Å². The van der Waals surface area contributed by atoms with E-state index < -0.39 is 0 Å². The predicted octanol–water partition coefficient (Wildman–Crippen LogP) is 2.36. The van der Waals surface area contributed by atoms with Gasteiger partial charge in [0.2, 0.25) is 0 Å². The second kappa shape index (κ2) is 3.61. The molecule has 1 atom stereocenters. The topological polar surface area (TPSA) is 49.1 Å². The molecule has 0 spiro atoms. The molecule has 1 unspecified atom stereocenters. The molecule has 0 amide bonds. The van der Waals surface area contributed by atoms with Crippen LogP contribution in [0.15, 0.2) is 57.3 Å². The van der Waals surface area contributed by atoms with Crippen LogP contribution in [0.4, 0.5) is 0 Å². The minimum atomic E-state index is -0.155. The molecule has 4 nitrogen and oxygen atoms in total. The van der Waals surface area contributed by atoms with Crippen molar-refractivity contribution in [1.29, 1.82) is 0 Å². The van der Waals surface area contributed by atoms with Crippen LogP contribution >= 0.6 is 12.2 Å². The maximum atomic E-state index is 5.24. The fraction of sp³-hybridized carbons (Fsp3) is 0.0909. The predicted molar refractivity (Wildman–Crippen MR) is 65.3 cm³/mol. The van der Waals surface area contributed by atoms with Crippen molar-refractivity contribution in [3.63, 3.8) is 0 Å². The van der Waals surface area contributed by atoms with Crippen LogP contribution in [0.5, 0.6) is 0 Å². The lowest BCUT2D eigenvalue weighted by Crippen LogP contribution is -2.33. The van der Waals surface area contributed by atoms with Crippen molar-refractivity contribution in [2.24, 2.45) is 15.2 Å². The first-order valence-electron chi connectivity index (χ1n) is 4.89. The van der Waals surface area contributed by atoms with Gasteiger partial charge in [0.05, 0.1) is 11.8 Å². The number of nitrogens with zero attached hydrogens (tertiary/aromatic N) is 3. The highest BCUT2D eigenvalue weighted by Gasteiger charge is 2.26. The van der Waals surface area contributed by atoms with E-state index in [1.165, 1.54) is 0 Å². The molecule has 0 saturated heterocycles. The third-order valence-electron chi connectivity index (χ3n) is 2.46. The maximum Gasteiger partial charge on any atom is 0.184 e. The number of benzene rings is 1. The number of aliphatic imine (C=N–C) groups is 1. The zero-order valence-electron chi connectivity index (χ0n) is 8.29. The lowest BCUT2D eigenvalue weighted by atomic mass is 10.1. The van der Waals surface area contributed by atoms with Crippen molar-refractivity contribution in [2.75, 3.05) is 0 Å². The molecular weight excluding hydrogens is 220 g/mol. The number of hydrogen-bond donors (Lipinski definition) is 1. The highest BCUT2D eigenvalue weighted by molar-refractivity contribution is 7.80. The number of thiocarbonyl (C=S) groups is 1. The fourth-order valence-corrected chi connectivity index (χ4v) is 1.91. The molecule has 1 aromatic rings. The van der Waals surface area contributed by atoms with E-state index in [2.05, 4.69) is 20.5 Å². The average Bonchev–Trinajstić information content (AvgIpc) is 2.79. The lowest BCUT2D eigenvalue weighted by Gasteiger charge is -2.22. The summed E-state index contributed by atoms with van der Waals surface area (Å²) in [5.74, 6) is 0.623. The fourth-order valence-electron chi connectivity index (χ4n) is 1.66. The second-order valence-electron chi connectivity index (χ2n) is 3.50. The third-order valence-corrected chi connectivity index (χ3v) is 2.80. The molecule has 78 valence electrons. The molecule has 2 aliphatic rings. The molecule has 5 heteroatoms. The maximum absolute atomic E-state index is 5.24. The molecule has 0 saturated carbocycles. The van der Waals surface area contributed by atoms with Crippen molar-refractivity contribution in [1.82, 2.24) is 5.32 Å². The average molecular weight is 228 g/mol. The summed E-state index contributed by atoms with van der Waals surface area (Å²) in [7, 11) is 0. The van der Waals surface area contributed by atoms with Crippen molar-refractivity contribution >= 4 is 23.0 Å². The van der Waals surface area contributed by atoms with Crippen LogP contribution < -0.4 is 5.32 Å². The van der Waals surface area contributed by atoms with Gasteiger partial charge in [0.25, 0.3) is 0 Å². The molecular formula is C11H8N4S. The third kappa shape index (κ3) is 1.45. The SMILES string of the molecule is S=C1NC(c2ccccc2)N=C2N=NC=C12. The van der Waals surface area contributed by atoms with Crippen LogP contribution in [-0.4, -0.2) is 10.8 Å². The molecule has 3 rings (SSSR count). The molecule has 1 N–H and O–H groups in total. The summed E-state index contributed by atoms with van der Waals surface area (Å²) in [5.41, 5.74) is 1.88. The van der Waals surface area contributed by atoms with E-state index in [1.807, 2.05) is 30.3 Å². The van der Waals surface area contributed by atoms with Gasteiger partial charge in [0.1, 0.15) is 11.2 Å². The van der Waals surface area contributed by atoms with Crippen LogP contribution in [0.25, 0.3) is 0 Å². The summed E-state index contributed by atoms with van der Waals surface area (Å²) in [6.45, 7) is 0. The van der Waals surface area contributed by atoms with Crippen LogP contribution in [0.3, 0.4) is 0 Å². The van der Waals surface area contributed by atoms with E-state index in [0.29, 0.717) is 10.8 Å². The number of nitrogens with one attached hydrogen (secondary N) is 1. The molecule has 0 aliphatic carbocycles. The van der Waals surface area contributed by atoms with Gasteiger partial charge in [-0.15, -0.1) is 5.11 Å². The van der Waals surface area contributed by atoms with Crippen LogP contribution in [-0.2, 0) is 0 Å². The van der Waals surface area contributed by atoms with Crippen molar-refractivity contribution in [2.45, 2.75) is 6.17 Å². The van der Waals surface area contributed by atoms with E-state index in [1.54, 1.807) is 6.20 Å². The minimum absolute atomic E-state index is 0.155. The van der Waals surface area contributed by atoms with Gasteiger partial charge in [-0.2, -0.15) is 5.11 Å². The summed E-state index contributed by atoms with van der Waals surface area (Å²) in [4.78, 5) is 5.11. The standard InChI is InChI=1S/C11H8N4S/c16-11-8-6-12-15-10(8)13-9(14-11)7-4-2-1-3-5-7/h1-6,9H,(H,14,16). The van der Waals surface area contributed by atoms with E-state index in [4.69, 9.17) is 12.2 Å². The lowest BCUT2D eigenvalue weighted by molar-refractivity contribution is 0.682. The van der Waals surface area contributed by atoms with Crippen LogP contribution in [0.1, 0.15) is 11.7 Å². The Morgan fingerprint density at radius 3 is 2.81 bits per heavy atom. The highest BCUT2D eigenvalue weighted by Crippen LogP contribution is 2.23. The Morgan fingerprint density at radius 1 is 1.19 bits per heavy atom. The highest BCUT2D eigenvalue weighted by atomic mass is 32.1. The Morgan fingerprint density at radius 2 is 2.00 bits per heavy atom. The van der Waals surface area contributed by atoms with Gasteiger partial charge >= 0.3 is 0 Å². The Hall–Kier alpha value is -1.88. The molecule has 16 heavy (non-hydrogen) atoms. The molecule has 0 fully saturated rings. The molecule has 0 bridgehead atoms. The smallest absolute Gasteiger partial charge is 0.184 e.